The molecule has 1 N–H and O–H groups in total. The molecule has 5 nitrogen and oxygen atoms in total. The minimum atomic E-state index is 0.411. The van der Waals surface area contributed by atoms with Gasteiger partial charge in [-0.15, -0.1) is 0 Å². The van der Waals surface area contributed by atoms with Crippen LogP contribution in [-0.2, 0) is 11.3 Å². The molecule has 0 radical (unpaired) electrons. The first-order chi connectivity index (χ1) is 9.12. The van der Waals surface area contributed by atoms with Crippen LogP contribution in [0, 0.1) is 0 Å². The van der Waals surface area contributed by atoms with Crippen LogP contribution in [0.15, 0.2) is 6.07 Å². The summed E-state index contributed by atoms with van der Waals surface area (Å²) in [5, 5.41) is 3.25. The molecule has 1 heterocycles. The number of aromatic nitrogens is 2. The highest BCUT2D eigenvalue weighted by Gasteiger charge is 2.13. The van der Waals surface area contributed by atoms with E-state index in [0.29, 0.717) is 19.3 Å². The smallest absolute Gasteiger partial charge is 0.158 e. The second-order valence-corrected chi connectivity index (χ2v) is 4.57. The van der Waals surface area contributed by atoms with E-state index < -0.39 is 0 Å². The zero-order chi connectivity index (χ0) is 14.3. The van der Waals surface area contributed by atoms with Gasteiger partial charge in [-0.25, -0.2) is 9.97 Å². The highest BCUT2D eigenvalue weighted by atomic mass is 16.5. The van der Waals surface area contributed by atoms with Crippen LogP contribution in [0.4, 0.5) is 11.6 Å². The van der Waals surface area contributed by atoms with Crippen LogP contribution < -0.4 is 10.2 Å². The Hall–Kier alpha value is -1.36. The fourth-order valence-electron chi connectivity index (χ4n) is 1.95. The van der Waals surface area contributed by atoms with Crippen LogP contribution >= 0.6 is 0 Å². The van der Waals surface area contributed by atoms with Crippen molar-refractivity contribution >= 4 is 11.6 Å². The van der Waals surface area contributed by atoms with Crippen LogP contribution in [0.1, 0.15) is 40.4 Å². The average molecular weight is 266 g/mol. The van der Waals surface area contributed by atoms with E-state index in [1.54, 1.807) is 0 Å². The van der Waals surface area contributed by atoms with Gasteiger partial charge in [0.2, 0.25) is 0 Å². The van der Waals surface area contributed by atoms with Crippen LogP contribution in [0.5, 0.6) is 0 Å². The van der Waals surface area contributed by atoms with Crippen molar-refractivity contribution in [2.24, 2.45) is 0 Å². The van der Waals surface area contributed by atoms with Gasteiger partial charge in [0.1, 0.15) is 18.2 Å². The zero-order valence-electron chi connectivity index (χ0n) is 12.7. The monoisotopic (exact) mass is 266 g/mol. The summed E-state index contributed by atoms with van der Waals surface area (Å²) in [5.41, 5.74) is 0. The van der Waals surface area contributed by atoms with Gasteiger partial charge in [0.05, 0.1) is 0 Å². The third kappa shape index (κ3) is 4.67. The van der Waals surface area contributed by atoms with E-state index in [1.807, 2.05) is 13.0 Å². The lowest BCUT2D eigenvalue weighted by Gasteiger charge is -2.27. The van der Waals surface area contributed by atoms with Crippen LogP contribution in [0.3, 0.4) is 0 Å². The van der Waals surface area contributed by atoms with Crippen molar-refractivity contribution in [3.05, 3.63) is 11.9 Å². The van der Waals surface area contributed by atoms with E-state index in [2.05, 4.69) is 47.9 Å². The molecule has 0 saturated carbocycles. The first-order valence-electron chi connectivity index (χ1n) is 7.08. The van der Waals surface area contributed by atoms with Crippen molar-refractivity contribution in [1.82, 2.24) is 9.97 Å². The van der Waals surface area contributed by atoms with Crippen molar-refractivity contribution in [3.8, 4) is 0 Å². The summed E-state index contributed by atoms with van der Waals surface area (Å²) in [4.78, 5) is 11.3. The van der Waals surface area contributed by atoms with Crippen LogP contribution in [0.2, 0.25) is 0 Å². The van der Waals surface area contributed by atoms with Gasteiger partial charge in [-0.2, -0.15) is 0 Å². The Morgan fingerprint density at radius 3 is 2.53 bits per heavy atom. The minimum Gasteiger partial charge on any atom is -0.374 e. The molecular weight excluding hydrogens is 240 g/mol. The summed E-state index contributed by atoms with van der Waals surface area (Å²) >= 11 is 0. The summed E-state index contributed by atoms with van der Waals surface area (Å²) in [5.74, 6) is 2.55. The summed E-state index contributed by atoms with van der Waals surface area (Å²) in [6, 6.07) is 2.41. The Kier molecular flexibility index (Phi) is 6.56. The maximum atomic E-state index is 5.41. The normalized spacial score (nSPS) is 10.8. The fraction of sp³-hybridized carbons (Fsp3) is 0.714. The number of anilines is 2. The Balaban J connectivity index is 3.03. The molecule has 0 amide bonds. The molecule has 1 aromatic heterocycles. The van der Waals surface area contributed by atoms with Gasteiger partial charge in [0.25, 0.3) is 0 Å². The molecule has 0 aliphatic carbocycles. The second-order valence-electron chi connectivity index (χ2n) is 4.57. The van der Waals surface area contributed by atoms with Crippen molar-refractivity contribution in [2.75, 3.05) is 29.9 Å². The Bertz CT molecular complexity index is 382. The molecule has 0 bridgehead atoms. The number of ether oxygens (including phenoxy) is 1. The van der Waals surface area contributed by atoms with E-state index in [-0.39, 0.29) is 0 Å². The van der Waals surface area contributed by atoms with Gasteiger partial charge < -0.3 is 15.0 Å². The van der Waals surface area contributed by atoms with Gasteiger partial charge in [0, 0.05) is 31.8 Å². The van der Waals surface area contributed by atoms with Gasteiger partial charge >= 0.3 is 0 Å². The van der Waals surface area contributed by atoms with E-state index in [9.17, 15) is 0 Å². The molecule has 0 aliphatic rings. The number of rotatable bonds is 8. The lowest BCUT2D eigenvalue weighted by molar-refractivity contribution is 0.128. The molecule has 0 unspecified atom stereocenters. The Morgan fingerprint density at radius 1 is 1.26 bits per heavy atom. The standard InChI is InChI=1S/C14H26N4O/c1-6-15-12-9-14(18(7-2)11(4)5)17-13(16-12)10-19-8-3/h9,11H,6-8,10H2,1-5H3,(H,15,16,17). The van der Waals surface area contributed by atoms with Crippen LogP contribution in [0.25, 0.3) is 0 Å². The van der Waals surface area contributed by atoms with E-state index >= 15 is 0 Å². The quantitative estimate of drug-likeness (QED) is 0.784. The zero-order valence-corrected chi connectivity index (χ0v) is 12.7. The molecular formula is C14H26N4O. The molecule has 1 rings (SSSR count). The maximum Gasteiger partial charge on any atom is 0.158 e. The van der Waals surface area contributed by atoms with Crippen molar-refractivity contribution in [2.45, 2.75) is 47.3 Å². The lowest BCUT2D eigenvalue weighted by atomic mass is 10.3. The predicted molar refractivity (Wildman–Crippen MR) is 79.7 cm³/mol. The largest absolute Gasteiger partial charge is 0.374 e. The average Bonchev–Trinajstić information content (AvgIpc) is 2.37. The highest BCUT2D eigenvalue weighted by Crippen LogP contribution is 2.18. The summed E-state index contributed by atoms with van der Waals surface area (Å²) in [7, 11) is 0. The van der Waals surface area contributed by atoms with E-state index in [4.69, 9.17) is 4.74 Å². The fourth-order valence-corrected chi connectivity index (χ4v) is 1.95. The van der Waals surface area contributed by atoms with Gasteiger partial charge in [-0.05, 0) is 34.6 Å². The number of hydrogen-bond acceptors (Lipinski definition) is 5. The SMILES string of the molecule is CCNc1cc(N(CC)C(C)C)nc(COCC)n1. The molecule has 1 aromatic rings. The summed E-state index contributed by atoms with van der Waals surface area (Å²) < 4.78 is 5.41. The number of hydrogen-bond donors (Lipinski definition) is 1. The lowest BCUT2D eigenvalue weighted by Crippen LogP contribution is -2.31. The predicted octanol–water partition coefficient (Wildman–Crippen LogP) is 2.68. The van der Waals surface area contributed by atoms with Crippen molar-refractivity contribution in [1.29, 1.82) is 0 Å². The van der Waals surface area contributed by atoms with Gasteiger partial charge in [0.15, 0.2) is 5.82 Å². The third-order valence-corrected chi connectivity index (χ3v) is 2.81. The second kappa shape index (κ2) is 7.94. The highest BCUT2D eigenvalue weighted by molar-refractivity contribution is 5.49. The Morgan fingerprint density at radius 2 is 2.00 bits per heavy atom. The topological polar surface area (TPSA) is 50.3 Å². The first-order valence-corrected chi connectivity index (χ1v) is 7.08. The molecule has 0 fully saturated rings. The van der Waals surface area contributed by atoms with E-state index in [0.717, 1.165) is 30.5 Å². The van der Waals surface area contributed by atoms with E-state index in [1.165, 1.54) is 0 Å². The van der Waals surface area contributed by atoms with Crippen molar-refractivity contribution < 1.29 is 4.74 Å². The molecule has 0 atom stereocenters. The summed E-state index contributed by atoms with van der Waals surface area (Å²) in [6.07, 6.45) is 0. The summed E-state index contributed by atoms with van der Waals surface area (Å²) in [6.45, 7) is 13.4. The van der Waals surface area contributed by atoms with Crippen LogP contribution in [-0.4, -0.2) is 35.7 Å². The van der Waals surface area contributed by atoms with Gasteiger partial charge in [-0.1, -0.05) is 0 Å². The minimum absolute atomic E-state index is 0.411. The maximum absolute atomic E-state index is 5.41. The number of nitrogens with one attached hydrogen (secondary N) is 1. The first kappa shape index (κ1) is 15.7. The molecule has 0 saturated heterocycles. The van der Waals surface area contributed by atoms with Crippen molar-refractivity contribution in [3.63, 3.8) is 0 Å². The molecule has 0 aromatic carbocycles. The molecule has 0 spiro atoms. The molecule has 19 heavy (non-hydrogen) atoms. The number of nitrogens with zero attached hydrogens (tertiary/aromatic N) is 3. The molecule has 108 valence electrons. The Labute approximate surface area is 116 Å². The molecule has 0 aliphatic heterocycles. The third-order valence-electron chi connectivity index (χ3n) is 2.81. The molecule has 5 heteroatoms. The van der Waals surface area contributed by atoms with Gasteiger partial charge in [-0.3, -0.25) is 0 Å².